The lowest BCUT2D eigenvalue weighted by Crippen LogP contribution is -2.34. The SMILES string of the molecule is CC(=O)c1ccc(N(CCN(C)C)CC(C)C)c(Cl)c1. The molecule has 0 saturated carbocycles. The number of nitrogens with zero attached hydrogens (tertiary/aromatic N) is 2. The molecule has 0 aliphatic rings. The van der Waals surface area contributed by atoms with Crippen molar-refractivity contribution < 1.29 is 4.79 Å². The molecule has 0 spiro atoms. The Hall–Kier alpha value is -1.06. The molecule has 0 aliphatic heterocycles. The van der Waals surface area contributed by atoms with E-state index in [1.807, 2.05) is 12.1 Å². The first-order valence-electron chi connectivity index (χ1n) is 7.01. The maximum Gasteiger partial charge on any atom is 0.159 e. The topological polar surface area (TPSA) is 23.6 Å². The van der Waals surface area contributed by atoms with Gasteiger partial charge in [-0.3, -0.25) is 4.79 Å². The first-order valence-corrected chi connectivity index (χ1v) is 7.39. The number of likely N-dealkylation sites (N-methyl/N-ethyl adjacent to an activating group) is 1. The predicted octanol–water partition coefficient (Wildman–Crippen LogP) is 3.57. The van der Waals surface area contributed by atoms with Gasteiger partial charge in [-0.1, -0.05) is 25.4 Å². The summed E-state index contributed by atoms with van der Waals surface area (Å²) < 4.78 is 0. The van der Waals surface area contributed by atoms with Crippen LogP contribution in [0, 0.1) is 5.92 Å². The van der Waals surface area contributed by atoms with Gasteiger partial charge in [0.2, 0.25) is 0 Å². The Bertz CT molecular complexity index is 458. The Balaban J connectivity index is 2.97. The molecule has 0 saturated heterocycles. The lowest BCUT2D eigenvalue weighted by atomic mass is 10.1. The molecular formula is C16H25ClN2O. The number of hydrogen-bond donors (Lipinski definition) is 0. The zero-order valence-electron chi connectivity index (χ0n) is 13.1. The lowest BCUT2D eigenvalue weighted by Gasteiger charge is -2.29. The molecule has 1 aromatic rings. The van der Waals surface area contributed by atoms with Gasteiger partial charge in [0.05, 0.1) is 10.7 Å². The van der Waals surface area contributed by atoms with Crippen LogP contribution in [0.4, 0.5) is 5.69 Å². The van der Waals surface area contributed by atoms with Crippen molar-refractivity contribution in [1.29, 1.82) is 0 Å². The maximum atomic E-state index is 11.4. The molecule has 1 rings (SSSR count). The number of anilines is 1. The molecule has 0 amide bonds. The quantitative estimate of drug-likeness (QED) is 0.719. The fraction of sp³-hybridized carbons (Fsp3) is 0.562. The number of ketones is 1. The number of rotatable bonds is 7. The average Bonchev–Trinajstić information content (AvgIpc) is 2.33. The highest BCUT2D eigenvalue weighted by molar-refractivity contribution is 6.33. The van der Waals surface area contributed by atoms with Crippen LogP contribution in [0.3, 0.4) is 0 Å². The summed E-state index contributed by atoms with van der Waals surface area (Å²) in [7, 11) is 4.13. The van der Waals surface area contributed by atoms with Crippen molar-refractivity contribution in [2.45, 2.75) is 20.8 Å². The number of halogens is 1. The summed E-state index contributed by atoms with van der Waals surface area (Å²) in [6.07, 6.45) is 0. The molecule has 1 aromatic carbocycles. The third kappa shape index (κ3) is 5.14. The van der Waals surface area contributed by atoms with Gasteiger partial charge < -0.3 is 9.80 Å². The molecule has 0 N–H and O–H groups in total. The summed E-state index contributed by atoms with van der Waals surface area (Å²) in [6, 6.07) is 5.58. The number of Topliss-reactive ketones (excluding diaryl/α,β-unsaturated/α-hetero) is 1. The van der Waals surface area contributed by atoms with Crippen molar-refractivity contribution >= 4 is 23.1 Å². The molecule has 0 aliphatic carbocycles. The minimum Gasteiger partial charge on any atom is -0.369 e. The predicted molar refractivity (Wildman–Crippen MR) is 87.1 cm³/mol. The highest BCUT2D eigenvalue weighted by Crippen LogP contribution is 2.27. The minimum atomic E-state index is 0.0437. The second-order valence-electron chi connectivity index (χ2n) is 5.87. The molecule has 4 heteroatoms. The van der Waals surface area contributed by atoms with Crippen LogP contribution in [0.2, 0.25) is 5.02 Å². The largest absolute Gasteiger partial charge is 0.369 e. The minimum absolute atomic E-state index is 0.0437. The van der Waals surface area contributed by atoms with Crippen LogP contribution in [0.25, 0.3) is 0 Å². The third-order valence-electron chi connectivity index (χ3n) is 3.10. The first kappa shape index (κ1) is 17.0. The van der Waals surface area contributed by atoms with Crippen molar-refractivity contribution in [1.82, 2.24) is 4.90 Å². The van der Waals surface area contributed by atoms with E-state index >= 15 is 0 Å². The van der Waals surface area contributed by atoms with E-state index in [-0.39, 0.29) is 5.78 Å². The zero-order valence-corrected chi connectivity index (χ0v) is 13.9. The van der Waals surface area contributed by atoms with E-state index in [1.165, 1.54) is 0 Å². The van der Waals surface area contributed by atoms with E-state index < -0.39 is 0 Å². The number of carbonyl (C=O) groups is 1. The highest BCUT2D eigenvalue weighted by atomic mass is 35.5. The van der Waals surface area contributed by atoms with Crippen LogP contribution in [0.5, 0.6) is 0 Å². The average molecular weight is 297 g/mol. The highest BCUT2D eigenvalue weighted by Gasteiger charge is 2.13. The van der Waals surface area contributed by atoms with Gasteiger partial charge in [0.15, 0.2) is 5.78 Å². The maximum absolute atomic E-state index is 11.4. The monoisotopic (exact) mass is 296 g/mol. The number of benzene rings is 1. The molecular weight excluding hydrogens is 272 g/mol. The summed E-state index contributed by atoms with van der Waals surface area (Å²) in [4.78, 5) is 15.8. The molecule has 20 heavy (non-hydrogen) atoms. The Morgan fingerprint density at radius 3 is 2.35 bits per heavy atom. The van der Waals surface area contributed by atoms with Crippen LogP contribution < -0.4 is 4.90 Å². The summed E-state index contributed by atoms with van der Waals surface area (Å²) in [5, 5.41) is 0.650. The fourth-order valence-electron chi connectivity index (χ4n) is 2.05. The lowest BCUT2D eigenvalue weighted by molar-refractivity contribution is 0.101. The van der Waals surface area contributed by atoms with E-state index in [9.17, 15) is 4.79 Å². The number of carbonyl (C=O) groups excluding carboxylic acids is 1. The Labute approximate surface area is 127 Å². The Morgan fingerprint density at radius 2 is 1.90 bits per heavy atom. The Morgan fingerprint density at radius 1 is 1.25 bits per heavy atom. The van der Waals surface area contributed by atoms with Crippen molar-refractivity contribution in [2.75, 3.05) is 38.6 Å². The van der Waals surface area contributed by atoms with Crippen molar-refractivity contribution in [3.8, 4) is 0 Å². The van der Waals surface area contributed by atoms with Crippen LogP contribution >= 0.6 is 11.6 Å². The molecule has 112 valence electrons. The van der Waals surface area contributed by atoms with Gasteiger partial charge in [0, 0.05) is 25.2 Å². The van der Waals surface area contributed by atoms with Crippen LogP contribution in [0.15, 0.2) is 18.2 Å². The van der Waals surface area contributed by atoms with Crippen LogP contribution in [-0.4, -0.2) is 44.4 Å². The first-order chi connectivity index (χ1) is 9.31. The normalized spacial score (nSPS) is 11.2. The zero-order chi connectivity index (χ0) is 15.3. The molecule has 3 nitrogen and oxygen atoms in total. The molecule has 0 fully saturated rings. The fourth-order valence-corrected chi connectivity index (χ4v) is 2.35. The molecule has 0 radical (unpaired) electrons. The van der Waals surface area contributed by atoms with E-state index in [2.05, 4.69) is 37.7 Å². The van der Waals surface area contributed by atoms with Gasteiger partial charge in [-0.15, -0.1) is 0 Å². The van der Waals surface area contributed by atoms with Crippen molar-refractivity contribution in [3.63, 3.8) is 0 Å². The van der Waals surface area contributed by atoms with Gasteiger partial charge in [0.1, 0.15) is 0 Å². The molecule has 0 heterocycles. The van der Waals surface area contributed by atoms with E-state index in [0.29, 0.717) is 16.5 Å². The summed E-state index contributed by atoms with van der Waals surface area (Å²) in [5.74, 6) is 0.600. The van der Waals surface area contributed by atoms with Crippen molar-refractivity contribution in [3.05, 3.63) is 28.8 Å². The summed E-state index contributed by atoms with van der Waals surface area (Å²) in [6.45, 7) is 8.79. The summed E-state index contributed by atoms with van der Waals surface area (Å²) >= 11 is 6.36. The van der Waals surface area contributed by atoms with Gasteiger partial charge >= 0.3 is 0 Å². The molecule has 0 atom stereocenters. The Kier molecular flexibility index (Phi) is 6.50. The van der Waals surface area contributed by atoms with Gasteiger partial charge in [-0.2, -0.15) is 0 Å². The smallest absolute Gasteiger partial charge is 0.159 e. The van der Waals surface area contributed by atoms with E-state index in [1.54, 1.807) is 13.0 Å². The van der Waals surface area contributed by atoms with E-state index in [4.69, 9.17) is 11.6 Å². The van der Waals surface area contributed by atoms with Gasteiger partial charge in [0.25, 0.3) is 0 Å². The second-order valence-corrected chi connectivity index (χ2v) is 6.27. The van der Waals surface area contributed by atoms with Crippen molar-refractivity contribution in [2.24, 2.45) is 5.92 Å². The standard InChI is InChI=1S/C16H25ClN2O/c1-12(2)11-19(9-8-18(4)5)16-7-6-14(13(3)20)10-15(16)17/h6-7,10,12H,8-9,11H2,1-5H3. The molecule has 0 unspecified atom stereocenters. The molecule has 0 aromatic heterocycles. The number of hydrogen-bond acceptors (Lipinski definition) is 3. The van der Waals surface area contributed by atoms with Gasteiger partial charge in [-0.25, -0.2) is 0 Å². The van der Waals surface area contributed by atoms with Crippen LogP contribution in [-0.2, 0) is 0 Å². The second kappa shape index (κ2) is 7.65. The van der Waals surface area contributed by atoms with Crippen LogP contribution in [0.1, 0.15) is 31.1 Å². The van der Waals surface area contributed by atoms with E-state index in [0.717, 1.165) is 25.3 Å². The third-order valence-corrected chi connectivity index (χ3v) is 3.40. The summed E-state index contributed by atoms with van der Waals surface area (Å²) in [5.41, 5.74) is 1.67. The molecule has 0 bridgehead atoms. The van der Waals surface area contributed by atoms with Gasteiger partial charge in [-0.05, 0) is 45.1 Å².